The Hall–Kier alpha value is -2.29. The number of aryl methyl sites for hydroxylation is 2. The monoisotopic (exact) mass is 269 g/mol. The van der Waals surface area contributed by atoms with Crippen LogP contribution in [0.3, 0.4) is 0 Å². The van der Waals surface area contributed by atoms with Crippen LogP contribution in [0.2, 0.25) is 0 Å². The minimum atomic E-state index is -0.395. The Balaban J connectivity index is 1.80. The molecule has 0 fully saturated rings. The summed E-state index contributed by atoms with van der Waals surface area (Å²) in [6, 6.07) is 15.8. The fourth-order valence-corrected chi connectivity index (χ4v) is 1.99. The van der Waals surface area contributed by atoms with E-state index < -0.39 is 6.09 Å². The highest BCUT2D eigenvalue weighted by Gasteiger charge is 2.04. The third kappa shape index (κ3) is 4.12. The smallest absolute Gasteiger partial charge is 0.407 e. The lowest BCUT2D eigenvalue weighted by Gasteiger charge is -2.09. The Bertz CT molecular complexity index is 579. The van der Waals surface area contributed by atoms with Gasteiger partial charge in [0, 0.05) is 6.54 Å². The van der Waals surface area contributed by atoms with Gasteiger partial charge < -0.3 is 10.1 Å². The van der Waals surface area contributed by atoms with Gasteiger partial charge in [0.15, 0.2) is 0 Å². The predicted octanol–water partition coefficient (Wildman–Crippen LogP) is 3.73. The molecule has 0 aliphatic carbocycles. The highest BCUT2D eigenvalue weighted by molar-refractivity contribution is 5.67. The van der Waals surface area contributed by atoms with E-state index in [1.807, 2.05) is 49.4 Å². The fraction of sp³-hybridized carbons (Fsp3) is 0.235. The van der Waals surface area contributed by atoms with Gasteiger partial charge in [0.25, 0.3) is 0 Å². The number of benzene rings is 2. The van der Waals surface area contributed by atoms with E-state index in [0.717, 1.165) is 11.1 Å². The molecule has 3 heteroatoms. The second-order valence-corrected chi connectivity index (χ2v) is 4.85. The molecule has 0 aliphatic rings. The maximum Gasteiger partial charge on any atom is 0.407 e. The van der Waals surface area contributed by atoms with Crippen molar-refractivity contribution in [2.45, 2.75) is 27.0 Å². The molecule has 0 spiro atoms. The van der Waals surface area contributed by atoms with Crippen molar-refractivity contribution in [3.05, 3.63) is 70.8 Å². The van der Waals surface area contributed by atoms with Crippen LogP contribution in [-0.2, 0) is 17.9 Å². The zero-order chi connectivity index (χ0) is 14.4. The van der Waals surface area contributed by atoms with Crippen molar-refractivity contribution in [3.8, 4) is 0 Å². The highest BCUT2D eigenvalue weighted by Crippen LogP contribution is 2.10. The molecule has 2 aromatic rings. The van der Waals surface area contributed by atoms with Gasteiger partial charge in [-0.05, 0) is 30.5 Å². The van der Waals surface area contributed by atoms with E-state index in [1.165, 1.54) is 11.1 Å². The topological polar surface area (TPSA) is 38.3 Å². The van der Waals surface area contributed by atoms with Gasteiger partial charge in [-0.2, -0.15) is 0 Å². The summed E-state index contributed by atoms with van der Waals surface area (Å²) in [5.41, 5.74) is 4.48. The standard InChI is InChI=1S/C17H19NO2/c1-13-8-9-16(14(2)10-13)11-18-17(19)20-12-15-6-4-3-5-7-15/h3-10H,11-12H2,1-2H3,(H,18,19). The summed E-state index contributed by atoms with van der Waals surface area (Å²) in [6.07, 6.45) is -0.395. The molecule has 0 unspecified atom stereocenters. The molecule has 2 aromatic carbocycles. The Morgan fingerprint density at radius 1 is 1.10 bits per heavy atom. The zero-order valence-corrected chi connectivity index (χ0v) is 11.8. The molecule has 2 rings (SSSR count). The van der Waals surface area contributed by atoms with Crippen LogP contribution in [0.1, 0.15) is 22.3 Å². The summed E-state index contributed by atoms with van der Waals surface area (Å²) >= 11 is 0. The molecule has 0 saturated heterocycles. The fourth-order valence-electron chi connectivity index (χ4n) is 1.99. The predicted molar refractivity (Wildman–Crippen MR) is 79.4 cm³/mol. The quantitative estimate of drug-likeness (QED) is 0.918. The molecular formula is C17H19NO2. The van der Waals surface area contributed by atoms with Gasteiger partial charge in [0.1, 0.15) is 6.61 Å². The van der Waals surface area contributed by atoms with E-state index in [-0.39, 0.29) is 0 Å². The molecular weight excluding hydrogens is 250 g/mol. The SMILES string of the molecule is Cc1ccc(CNC(=O)OCc2ccccc2)c(C)c1. The number of hydrogen-bond donors (Lipinski definition) is 1. The second kappa shape index (κ2) is 6.75. The number of nitrogens with one attached hydrogen (secondary N) is 1. The van der Waals surface area contributed by atoms with E-state index in [1.54, 1.807) is 0 Å². The zero-order valence-electron chi connectivity index (χ0n) is 11.8. The summed E-state index contributed by atoms with van der Waals surface area (Å²) in [5.74, 6) is 0. The van der Waals surface area contributed by atoms with Gasteiger partial charge in [0.05, 0.1) is 0 Å². The molecule has 0 radical (unpaired) electrons. The van der Waals surface area contributed by atoms with Crippen molar-refractivity contribution in [2.24, 2.45) is 0 Å². The van der Waals surface area contributed by atoms with Crippen molar-refractivity contribution in [1.29, 1.82) is 0 Å². The Morgan fingerprint density at radius 2 is 1.85 bits per heavy atom. The average molecular weight is 269 g/mol. The molecule has 0 saturated carbocycles. The maximum atomic E-state index is 11.6. The summed E-state index contributed by atoms with van der Waals surface area (Å²) < 4.78 is 5.16. The van der Waals surface area contributed by atoms with Gasteiger partial charge >= 0.3 is 6.09 Å². The van der Waals surface area contributed by atoms with Crippen molar-refractivity contribution in [3.63, 3.8) is 0 Å². The average Bonchev–Trinajstić information content (AvgIpc) is 2.45. The second-order valence-electron chi connectivity index (χ2n) is 4.85. The third-order valence-electron chi connectivity index (χ3n) is 3.13. The van der Waals surface area contributed by atoms with Crippen molar-refractivity contribution >= 4 is 6.09 Å². The van der Waals surface area contributed by atoms with Gasteiger partial charge in [-0.1, -0.05) is 54.1 Å². The number of alkyl carbamates (subject to hydrolysis) is 1. The van der Waals surface area contributed by atoms with Crippen molar-refractivity contribution < 1.29 is 9.53 Å². The lowest BCUT2D eigenvalue weighted by molar-refractivity contribution is 0.139. The molecule has 0 bridgehead atoms. The van der Waals surface area contributed by atoms with Crippen molar-refractivity contribution in [2.75, 3.05) is 0 Å². The summed E-state index contributed by atoms with van der Waals surface area (Å²) in [4.78, 5) is 11.6. The van der Waals surface area contributed by atoms with Gasteiger partial charge in [-0.3, -0.25) is 0 Å². The van der Waals surface area contributed by atoms with Crippen molar-refractivity contribution in [1.82, 2.24) is 5.32 Å². The molecule has 1 amide bonds. The molecule has 3 nitrogen and oxygen atoms in total. The van der Waals surface area contributed by atoms with E-state index >= 15 is 0 Å². The van der Waals surface area contributed by atoms with Crippen LogP contribution in [0.4, 0.5) is 4.79 Å². The summed E-state index contributed by atoms with van der Waals surface area (Å²) in [6.45, 7) is 4.87. The first-order valence-corrected chi connectivity index (χ1v) is 6.66. The molecule has 0 atom stereocenters. The number of ether oxygens (including phenoxy) is 1. The minimum Gasteiger partial charge on any atom is -0.445 e. The minimum absolute atomic E-state index is 0.291. The number of carbonyl (C=O) groups is 1. The van der Waals surface area contributed by atoms with Crippen LogP contribution >= 0.6 is 0 Å². The highest BCUT2D eigenvalue weighted by atomic mass is 16.5. The van der Waals surface area contributed by atoms with E-state index in [0.29, 0.717) is 13.2 Å². The van der Waals surface area contributed by atoms with Crippen LogP contribution < -0.4 is 5.32 Å². The van der Waals surface area contributed by atoms with Crippen LogP contribution in [-0.4, -0.2) is 6.09 Å². The Kier molecular flexibility index (Phi) is 4.77. The maximum absolute atomic E-state index is 11.6. The number of amides is 1. The number of hydrogen-bond acceptors (Lipinski definition) is 2. The lowest BCUT2D eigenvalue weighted by Crippen LogP contribution is -2.24. The normalized spacial score (nSPS) is 10.1. The first-order valence-electron chi connectivity index (χ1n) is 6.66. The molecule has 104 valence electrons. The first kappa shape index (κ1) is 14.1. The van der Waals surface area contributed by atoms with Gasteiger partial charge in [0.2, 0.25) is 0 Å². The number of rotatable bonds is 4. The van der Waals surface area contributed by atoms with Crippen LogP contribution in [0, 0.1) is 13.8 Å². The van der Waals surface area contributed by atoms with E-state index in [9.17, 15) is 4.79 Å². The Morgan fingerprint density at radius 3 is 2.55 bits per heavy atom. The van der Waals surface area contributed by atoms with Crippen LogP contribution in [0.25, 0.3) is 0 Å². The largest absolute Gasteiger partial charge is 0.445 e. The van der Waals surface area contributed by atoms with Crippen LogP contribution in [0.15, 0.2) is 48.5 Å². The third-order valence-corrected chi connectivity index (χ3v) is 3.13. The molecule has 0 aromatic heterocycles. The number of carbonyl (C=O) groups excluding carboxylic acids is 1. The van der Waals surface area contributed by atoms with Gasteiger partial charge in [-0.25, -0.2) is 4.79 Å². The van der Waals surface area contributed by atoms with E-state index in [4.69, 9.17) is 4.74 Å². The molecule has 0 heterocycles. The Labute approximate surface area is 119 Å². The first-order chi connectivity index (χ1) is 9.65. The molecule has 0 aliphatic heterocycles. The van der Waals surface area contributed by atoms with Crippen LogP contribution in [0.5, 0.6) is 0 Å². The molecule has 20 heavy (non-hydrogen) atoms. The van der Waals surface area contributed by atoms with E-state index in [2.05, 4.69) is 18.3 Å². The van der Waals surface area contributed by atoms with Gasteiger partial charge in [-0.15, -0.1) is 0 Å². The lowest BCUT2D eigenvalue weighted by atomic mass is 10.1. The molecule has 1 N–H and O–H groups in total. The summed E-state index contributed by atoms with van der Waals surface area (Å²) in [5, 5.41) is 2.77. The summed E-state index contributed by atoms with van der Waals surface area (Å²) in [7, 11) is 0.